The monoisotopic (exact) mass is 457 g/mol. The fraction of sp³-hybridized carbons (Fsp3) is 0.333. The van der Waals surface area contributed by atoms with Crippen LogP contribution in [0.2, 0.25) is 0 Å². The van der Waals surface area contributed by atoms with E-state index in [4.69, 9.17) is 14.2 Å². The molecule has 34 heavy (non-hydrogen) atoms. The number of allylic oxidation sites excluding steroid dienone is 1. The Labute approximate surface area is 203 Å². The Kier molecular flexibility index (Phi) is 8.26. The summed E-state index contributed by atoms with van der Waals surface area (Å²) >= 11 is 0. The normalized spacial score (nSPS) is 14.6. The zero-order chi connectivity index (χ0) is 23.8. The van der Waals surface area contributed by atoms with Crippen molar-refractivity contribution >= 4 is 11.1 Å². The van der Waals surface area contributed by atoms with Gasteiger partial charge in [0.25, 0.3) is 0 Å². The van der Waals surface area contributed by atoms with Crippen LogP contribution in [-0.2, 0) is 0 Å². The van der Waals surface area contributed by atoms with Gasteiger partial charge in [-0.1, -0.05) is 43.3 Å². The van der Waals surface area contributed by atoms with Crippen molar-refractivity contribution in [1.82, 2.24) is 4.90 Å². The smallest absolute Gasteiger partial charge is 0.119 e. The highest BCUT2D eigenvalue weighted by atomic mass is 16.5. The lowest BCUT2D eigenvalue weighted by Gasteiger charge is -2.18. The number of hydrogen-bond donors (Lipinski definition) is 0. The summed E-state index contributed by atoms with van der Waals surface area (Å²) in [6.45, 7) is 6.33. The minimum absolute atomic E-state index is 0.729. The van der Waals surface area contributed by atoms with Gasteiger partial charge in [0.1, 0.15) is 23.9 Å². The molecule has 0 aromatic heterocycles. The third kappa shape index (κ3) is 5.81. The molecule has 1 fully saturated rings. The molecule has 3 aromatic rings. The first-order chi connectivity index (χ1) is 16.7. The fourth-order valence-electron chi connectivity index (χ4n) is 4.61. The molecule has 1 heterocycles. The van der Waals surface area contributed by atoms with Gasteiger partial charge in [0.05, 0.1) is 14.2 Å². The third-order valence-electron chi connectivity index (χ3n) is 6.49. The molecule has 0 atom stereocenters. The summed E-state index contributed by atoms with van der Waals surface area (Å²) in [5.74, 6) is 2.63. The van der Waals surface area contributed by atoms with Crippen LogP contribution in [-0.4, -0.2) is 45.4 Å². The molecule has 4 nitrogen and oxygen atoms in total. The quantitative estimate of drug-likeness (QED) is 0.323. The number of nitrogens with zero attached hydrogens (tertiary/aromatic N) is 1. The van der Waals surface area contributed by atoms with Gasteiger partial charge < -0.3 is 14.2 Å². The van der Waals surface area contributed by atoms with Crippen molar-refractivity contribution in [3.05, 3.63) is 89.5 Å². The van der Waals surface area contributed by atoms with Crippen molar-refractivity contribution in [3.63, 3.8) is 0 Å². The topological polar surface area (TPSA) is 30.9 Å². The van der Waals surface area contributed by atoms with Crippen LogP contribution in [0.15, 0.2) is 72.8 Å². The predicted octanol–water partition coefficient (Wildman–Crippen LogP) is 6.55. The standard InChI is InChI=1S/C30H35NO3/c1-4-29(23-7-13-26(32-2)14-8-23)30(24-9-15-27(33-3)16-10-24)25-11-17-28(18-12-25)34-22-21-31-19-5-6-20-31/h7-18H,4-6,19-22H2,1-3H3. The third-order valence-corrected chi connectivity index (χ3v) is 6.49. The second-order valence-electron chi connectivity index (χ2n) is 8.59. The molecule has 0 unspecified atom stereocenters. The second-order valence-corrected chi connectivity index (χ2v) is 8.59. The zero-order valence-corrected chi connectivity index (χ0v) is 20.5. The van der Waals surface area contributed by atoms with Crippen LogP contribution in [0.5, 0.6) is 17.2 Å². The van der Waals surface area contributed by atoms with Gasteiger partial charge >= 0.3 is 0 Å². The number of ether oxygens (including phenoxy) is 3. The zero-order valence-electron chi connectivity index (χ0n) is 20.5. The predicted molar refractivity (Wildman–Crippen MR) is 140 cm³/mol. The minimum atomic E-state index is 0.729. The maximum absolute atomic E-state index is 6.05. The van der Waals surface area contributed by atoms with Crippen LogP contribution >= 0.6 is 0 Å². The van der Waals surface area contributed by atoms with Gasteiger partial charge in [-0.05, 0) is 96.6 Å². The molecule has 0 aliphatic carbocycles. The number of likely N-dealkylation sites (tertiary alicyclic amines) is 1. The molecule has 0 bridgehead atoms. The number of methoxy groups -OCH3 is 2. The maximum atomic E-state index is 6.05. The Balaban J connectivity index is 1.64. The van der Waals surface area contributed by atoms with Crippen LogP contribution in [0.1, 0.15) is 42.9 Å². The van der Waals surface area contributed by atoms with Crippen LogP contribution in [0, 0.1) is 0 Å². The van der Waals surface area contributed by atoms with Crippen molar-refractivity contribution in [2.45, 2.75) is 26.2 Å². The summed E-state index contributed by atoms with van der Waals surface area (Å²) in [5, 5.41) is 0. The van der Waals surface area contributed by atoms with Crippen LogP contribution in [0.4, 0.5) is 0 Å². The molecule has 0 amide bonds. The van der Waals surface area contributed by atoms with Gasteiger partial charge in [0.2, 0.25) is 0 Å². The van der Waals surface area contributed by atoms with E-state index in [9.17, 15) is 0 Å². The van der Waals surface area contributed by atoms with E-state index in [1.54, 1.807) is 14.2 Å². The van der Waals surface area contributed by atoms with Gasteiger partial charge in [-0.15, -0.1) is 0 Å². The highest BCUT2D eigenvalue weighted by molar-refractivity contribution is 5.98. The largest absolute Gasteiger partial charge is 0.497 e. The average Bonchev–Trinajstić information content (AvgIpc) is 3.42. The van der Waals surface area contributed by atoms with Gasteiger partial charge in [-0.3, -0.25) is 4.90 Å². The van der Waals surface area contributed by atoms with E-state index in [-0.39, 0.29) is 0 Å². The summed E-state index contributed by atoms with van der Waals surface area (Å²) in [7, 11) is 3.40. The number of benzene rings is 3. The molecule has 1 saturated heterocycles. The first-order valence-electron chi connectivity index (χ1n) is 12.2. The Hall–Kier alpha value is -3.24. The molecular formula is C30H35NO3. The van der Waals surface area contributed by atoms with Crippen LogP contribution in [0.3, 0.4) is 0 Å². The van der Waals surface area contributed by atoms with Crippen molar-refractivity contribution in [2.75, 3.05) is 40.5 Å². The molecule has 0 saturated carbocycles. The first-order valence-corrected chi connectivity index (χ1v) is 12.2. The SMILES string of the molecule is CCC(=C(c1ccc(OC)cc1)c1ccc(OCCN2CCCC2)cc1)c1ccc(OC)cc1. The minimum Gasteiger partial charge on any atom is -0.497 e. The van der Waals surface area contributed by atoms with E-state index in [2.05, 4.69) is 60.4 Å². The molecule has 0 N–H and O–H groups in total. The summed E-state index contributed by atoms with van der Waals surface area (Å²) in [6.07, 6.45) is 3.52. The van der Waals surface area contributed by atoms with Crippen molar-refractivity contribution in [2.24, 2.45) is 0 Å². The molecule has 0 spiro atoms. The Morgan fingerprint density at radius 1 is 0.676 bits per heavy atom. The van der Waals surface area contributed by atoms with E-state index in [0.717, 1.165) is 42.4 Å². The lowest BCUT2D eigenvalue weighted by Crippen LogP contribution is -2.25. The highest BCUT2D eigenvalue weighted by Gasteiger charge is 2.14. The Bertz CT molecular complexity index is 1060. The van der Waals surface area contributed by atoms with E-state index < -0.39 is 0 Å². The maximum Gasteiger partial charge on any atom is 0.119 e. The van der Waals surface area contributed by atoms with E-state index in [0.29, 0.717) is 0 Å². The highest BCUT2D eigenvalue weighted by Crippen LogP contribution is 2.36. The average molecular weight is 458 g/mol. The van der Waals surface area contributed by atoms with Crippen molar-refractivity contribution < 1.29 is 14.2 Å². The van der Waals surface area contributed by atoms with E-state index >= 15 is 0 Å². The lowest BCUT2D eigenvalue weighted by molar-refractivity contribution is 0.238. The first kappa shape index (κ1) is 23.9. The van der Waals surface area contributed by atoms with Gasteiger partial charge in [0, 0.05) is 6.54 Å². The van der Waals surface area contributed by atoms with E-state index in [1.807, 2.05) is 24.3 Å². The molecule has 4 heteroatoms. The molecule has 0 radical (unpaired) electrons. The van der Waals surface area contributed by atoms with Gasteiger partial charge in [-0.2, -0.15) is 0 Å². The Morgan fingerprint density at radius 3 is 1.62 bits per heavy atom. The molecule has 3 aromatic carbocycles. The number of hydrogen-bond acceptors (Lipinski definition) is 4. The summed E-state index contributed by atoms with van der Waals surface area (Å²) < 4.78 is 16.8. The molecule has 4 rings (SSSR count). The van der Waals surface area contributed by atoms with Crippen molar-refractivity contribution in [3.8, 4) is 17.2 Å². The molecule has 1 aliphatic heterocycles. The fourth-order valence-corrected chi connectivity index (χ4v) is 4.61. The summed E-state index contributed by atoms with van der Waals surface area (Å²) in [6, 6.07) is 25.1. The Morgan fingerprint density at radius 2 is 1.15 bits per heavy atom. The summed E-state index contributed by atoms with van der Waals surface area (Å²) in [5.41, 5.74) is 6.04. The molecular weight excluding hydrogens is 422 g/mol. The van der Waals surface area contributed by atoms with Crippen LogP contribution in [0.25, 0.3) is 11.1 Å². The second kappa shape index (κ2) is 11.8. The van der Waals surface area contributed by atoms with E-state index in [1.165, 1.54) is 48.2 Å². The van der Waals surface area contributed by atoms with Gasteiger partial charge in [0.15, 0.2) is 0 Å². The molecule has 1 aliphatic rings. The number of rotatable bonds is 10. The molecule has 178 valence electrons. The van der Waals surface area contributed by atoms with Crippen LogP contribution < -0.4 is 14.2 Å². The van der Waals surface area contributed by atoms with Crippen molar-refractivity contribution in [1.29, 1.82) is 0 Å². The lowest BCUT2D eigenvalue weighted by atomic mass is 9.88. The summed E-state index contributed by atoms with van der Waals surface area (Å²) in [4.78, 5) is 2.47. The van der Waals surface area contributed by atoms with Gasteiger partial charge in [-0.25, -0.2) is 0 Å².